The number of fused-ring (bicyclic) bond motifs is 1. The van der Waals surface area contributed by atoms with E-state index >= 15 is 0 Å². The lowest BCUT2D eigenvalue weighted by Gasteiger charge is -2.34. The van der Waals surface area contributed by atoms with E-state index in [1.54, 1.807) is 29.1 Å². The van der Waals surface area contributed by atoms with Crippen molar-refractivity contribution in [1.29, 1.82) is 0 Å². The molecule has 1 saturated heterocycles. The quantitative estimate of drug-likeness (QED) is 0.702. The fraction of sp³-hybridized carbons (Fsp3) is 0.294. The second-order valence-corrected chi connectivity index (χ2v) is 6.78. The van der Waals surface area contributed by atoms with E-state index < -0.39 is 0 Å². The molecule has 0 spiro atoms. The summed E-state index contributed by atoms with van der Waals surface area (Å²) in [5.74, 6) is -0.0522. The largest absolute Gasteiger partial charge is 0.339 e. The Hall–Kier alpha value is -2.74. The Morgan fingerprint density at radius 2 is 1.92 bits per heavy atom. The van der Waals surface area contributed by atoms with Crippen molar-refractivity contribution < 1.29 is 9.59 Å². The summed E-state index contributed by atoms with van der Waals surface area (Å²) < 4.78 is 1.93. The first-order valence-electron chi connectivity index (χ1n) is 8.06. The molecule has 1 aliphatic heterocycles. The van der Waals surface area contributed by atoms with Crippen LogP contribution in [0.4, 0.5) is 0 Å². The molecule has 25 heavy (non-hydrogen) atoms. The molecular formula is C17H17N5O2S. The predicted octanol–water partition coefficient (Wildman–Crippen LogP) is 1.76. The molecule has 8 heteroatoms. The fourth-order valence-corrected chi connectivity index (χ4v) is 3.80. The number of pyridine rings is 1. The number of carbonyl (C=O) groups excluding carboxylic acids is 2. The highest BCUT2D eigenvalue weighted by Crippen LogP contribution is 2.28. The molecule has 3 aromatic heterocycles. The van der Waals surface area contributed by atoms with Gasteiger partial charge in [0.25, 0.3) is 5.91 Å². The van der Waals surface area contributed by atoms with Crippen molar-refractivity contribution in [3.05, 3.63) is 41.8 Å². The van der Waals surface area contributed by atoms with Crippen molar-refractivity contribution in [3.63, 3.8) is 0 Å². The summed E-state index contributed by atoms with van der Waals surface area (Å²) >= 11 is 1.49. The molecule has 0 N–H and O–H groups in total. The summed E-state index contributed by atoms with van der Waals surface area (Å²) in [4.78, 5) is 37.6. The van der Waals surface area contributed by atoms with Crippen LogP contribution in [-0.2, 0) is 4.79 Å². The van der Waals surface area contributed by atoms with E-state index in [0.717, 1.165) is 16.2 Å². The van der Waals surface area contributed by atoms with E-state index in [1.807, 2.05) is 28.1 Å². The molecule has 0 atom stereocenters. The number of rotatable bonds is 2. The maximum atomic E-state index is 13.1. The summed E-state index contributed by atoms with van der Waals surface area (Å²) in [5.41, 5.74) is 2.07. The Bertz CT molecular complexity index is 925. The second kappa shape index (κ2) is 6.29. The minimum Gasteiger partial charge on any atom is -0.339 e. The smallest absolute Gasteiger partial charge is 0.274 e. The number of piperazine rings is 1. The summed E-state index contributed by atoms with van der Waals surface area (Å²) in [5, 5.41) is 1.95. The third kappa shape index (κ3) is 2.78. The molecule has 2 amide bonds. The maximum absolute atomic E-state index is 13.1. The van der Waals surface area contributed by atoms with E-state index in [9.17, 15) is 9.59 Å². The predicted molar refractivity (Wildman–Crippen MR) is 94.5 cm³/mol. The van der Waals surface area contributed by atoms with Gasteiger partial charge in [0, 0.05) is 62.6 Å². The SMILES string of the molecule is CC(=O)N1CCN(C(=O)c2nc3sccn3c2-c2cccnc2)CC1. The van der Waals surface area contributed by atoms with Gasteiger partial charge in [-0.05, 0) is 12.1 Å². The number of hydrogen-bond acceptors (Lipinski definition) is 5. The van der Waals surface area contributed by atoms with Gasteiger partial charge in [-0.2, -0.15) is 0 Å². The van der Waals surface area contributed by atoms with Gasteiger partial charge in [0.2, 0.25) is 5.91 Å². The zero-order valence-electron chi connectivity index (χ0n) is 13.8. The second-order valence-electron chi connectivity index (χ2n) is 5.90. The highest BCUT2D eigenvalue weighted by atomic mass is 32.1. The maximum Gasteiger partial charge on any atom is 0.274 e. The van der Waals surface area contributed by atoms with E-state index in [0.29, 0.717) is 31.9 Å². The van der Waals surface area contributed by atoms with E-state index in [-0.39, 0.29) is 11.8 Å². The molecule has 0 aliphatic carbocycles. The molecule has 0 unspecified atom stereocenters. The third-order valence-corrected chi connectivity index (χ3v) is 5.17. The van der Waals surface area contributed by atoms with Gasteiger partial charge in [-0.15, -0.1) is 11.3 Å². The molecule has 0 aromatic carbocycles. The molecular weight excluding hydrogens is 338 g/mol. The monoisotopic (exact) mass is 355 g/mol. The summed E-state index contributed by atoms with van der Waals surface area (Å²) in [7, 11) is 0. The standard InChI is InChI=1S/C17H17N5O2S/c1-12(23)20-5-7-21(8-6-20)16(24)14-15(13-3-2-4-18-11-13)22-9-10-25-17(22)19-14/h2-4,9-11H,5-8H2,1H3. The van der Waals surface area contributed by atoms with Crippen LogP contribution in [0.15, 0.2) is 36.1 Å². The number of amides is 2. The Morgan fingerprint density at radius 1 is 1.16 bits per heavy atom. The average Bonchev–Trinajstić information content (AvgIpc) is 3.22. The van der Waals surface area contributed by atoms with Gasteiger partial charge in [0.15, 0.2) is 10.7 Å². The molecule has 3 aromatic rings. The van der Waals surface area contributed by atoms with Gasteiger partial charge < -0.3 is 9.80 Å². The molecule has 7 nitrogen and oxygen atoms in total. The Morgan fingerprint density at radius 3 is 2.60 bits per heavy atom. The summed E-state index contributed by atoms with van der Waals surface area (Å²) in [6, 6.07) is 3.78. The molecule has 1 aliphatic rings. The van der Waals surface area contributed by atoms with Crippen LogP contribution in [0.2, 0.25) is 0 Å². The van der Waals surface area contributed by atoms with Gasteiger partial charge in [0.1, 0.15) is 0 Å². The van der Waals surface area contributed by atoms with Crippen molar-refractivity contribution >= 4 is 28.1 Å². The first kappa shape index (κ1) is 15.8. The minimum absolute atomic E-state index is 0.0469. The number of thiazole rings is 1. The van der Waals surface area contributed by atoms with Crippen molar-refractivity contribution in [2.45, 2.75) is 6.92 Å². The number of imidazole rings is 1. The van der Waals surface area contributed by atoms with E-state index in [4.69, 9.17) is 0 Å². The third-order valence-electron chi connectivity index (χ3n) is 4.41. The molecule has 0 radical (unpaired) electrons. The van der Waals surface area contributed by atoms with Crippen molar-refractivity contribution in [2.24, 2.45) is 0 Å². The lowest BCUT2D eigenvalue weighted by molar-refractivity contribution is -0.130. The first-order chi connectivity index (χ1) is 12.1. The van der Waals surface area contributed by atoms with Gasteiger partial charge >= 0.3 is 0 Å². The zero-order chi connectivity index (χ0) is 17.4. The molecule has 4 rings (SSSR count). The minimum atomic E-state index is -0.0991. The Labute approximate surface area is 148 Å². The number of hydrogen-bond donors (Lipinski definition) is 0. The van der Waals surface area contributed by atoms with Crippen LogP contribution >= 0.6 is 11.3 Å². The number of nitrogens with zero attached hydrogens (tertiary/aromatic N) is 5. The number of carbonyl (C=O) groups is 2. The zero-order valence-corrected chi connectivity index (χ0v) is 14.6. The van der Waals surface area contributed by atoms with Crippen LogP contribution in [0.25, 0.3) is 16.2 Å². The average molecular weight is 355 g/mol. The van der Waals surface area contributed by atoms with Gasteiger partial charge in [0.05, 0.1) is 5.69 Å². The topological polar surface area (TPSA) is 70.8 Å². The molecule has 1 fully saturated rings. The lowest BCUT2D eigenvalue weighted by atomic mass is 10.1. The molecule has 128 valence electrons. The van der Waals surface area contributed by atoms with E-state index in [2.05, 4.69) is 9.97 Å². The first-order valence-corrected chi connectivity index (χ1v) is 8.94. The van der Waals surface area contributed by atoms with Crippen LogP contribution in [-0.4, -0.2) is 62.2 Å². The molecule has 0 bridgehead atoms. The van der Waals surface area contributed by atoms with Crippen molar-refractivity contribution in [1.82, 2.24) is 24.2 Å². The van der Waals surface area contributed by atoms with Gasteiger partial charge in [-0.25, -0.2) is 4.98 Å². The normalized spacial score (nSPS) is 14.9. The van der Waals surface area contributed by atoms with Crippen molar-refractivity contribution in [3.8, 4) is 11.3 Å². The van der Waals surface area contributed by atoms with Gasteiger partial charge in [-0.3, -0.25) is 19.0 Å². The Kier molecular flexibility index (Phi) is 3.96. The molecule has 0 saturated carbocycles. The van der Waals surface area contributed by atoms with E-state index in [1.165, 1.54) is 11.3 Å². The van der Waals surface area contributed by atoms with Crippen LogP contribution < -0.4 is 0 Å². The summed E-state index contributed by atoms with van der Waals surface area (Å²) in [6.45, 7) is 3.73. The fourth-order valence-electron chi connectivity index (χ4n) is 3.09. The van der Waals surface area contributed by atoms with Crippen LogP contribution in [0, 0.1) is 0 Å². The highest BCUT2D eigenvalue weighted by Gasteiger charge is 2.28. The number of aromatic nitrogens is 3. The highest BCUT2D eigenvalue weighted by molar-refractivity contribution is 7.15. The lowest BCUT2D eigenvalue weighted by Crippen LogP contribution is -2.50. The van der Waals surface area contributed by atoms with Crippen LogP contribution in [0.1, 0.15) is 17.4 Å². The summed E-state index contributed by atoms with van der Waals surface area (Å²) in [6.07, 6.45) is 5.36. The van der Waals surface area contributed by atoms with Crippen LogP contribution in [0.5, 0.6) is 0 Å². The molecule has 4 heterocycles. The Balaban J connectivity index is 1.69. The van der Waals surface area contributed by atoms with Gasteiger partial charge in [-0.1, -0.05) is 0 Å². The van der Waals surface area contributed by atoms with Crippen molar-refractivity contribution in [2.75, 3.05) is 26.2 Å². The van der Waals surface area contributed by atoms with Crippen LogP contribution in [0.3, 0.4) is 0 Å².